The smallest absolute Gasteiger partial charge is 0.123 e. The van der Waals surface area contributed by atoms with Gasteiger partial charge < -0.3 is 0 Å². The molecule has 0 spiro atoms. The Morgan fingerprint density at radius 2 is 2.08 bits per heavy atom. The van der Waals surface area contributed by atoms with Gasteiger partial charge in [-0.2, -0.15) is 0 Å². The van der Waals surface area contributed by atoms with E-state index in [1.54, 1.807) is 12.1 Å². The van der Waals surface area contributed by atoms with Crippen LogP contribution in [0.25, 0.3) is 0 Å². The number of rotatable bonds is 3. The summed E-state index contributed by atoms with van der Waals surface area (Å²) < 4.78 is 12.8. The van der Waals surface area contributed by atoms with Gasteiger partial charge in [-0.3, -0.25) is 0 Å². The van der Waals surface area contributed by atoms with E-state index in [-0.39, 0.29) is 11.2 Å². The monoisotopic (exact) mass is 244 g/mol. The minimum Gasteiger partial charge on any atom is -0.207 e. The van der Waals surface area contributed by atoms with Gasteiger partial charge in [0.15, 0.2) is 0 Å². The van der Waals surface area contributed by atoms with Crippen molar-refractivity contribution in [3.05, 3.63) is 35.6 Å². The number of hydrogen-bond acceptors (Lipinski definition) is 0. The Labute approximate surface area is 87.3 Å². The van der Waals surface area contributed by atoms with E-state index in [9.17, 15) is 4.39 Å². The van der Waals surface area contributed by atoms with Gasteiger partial charge in [0.2, 0.25) is 0 Å². The molecular formula is C11H14BrF. The van der Waals surface area contributed by atoms with Crippen LogP contribution in [-0.2, 0) is 6.42 Å². The molecule has 72 valence electrons. The van der Waals surface area contributed by atoms with E-state index < -0.39 is 0 Å². The zero-order valence-electron chi connectivity index (χ0n) is 7.98. The van der Waals surface area contributed by atoms with Crippen molar-refractivity contribution in [3.63, 3.8) is 0 Å². The first-order valence-corrected chi connectivity index (χ1v) is 5.46. The summed E-state index contributed by atoms with van der Waals surface area (Å²) in [4.78, 5) is 0. The molecule has 0 radical (unpaired) electrons. The summed E-state index contributed by atoms with van der Waals surface area (Å²) in [6.07, 6.45) is 0.899. The highest BCUT2D eigenvalue weighted by molar-refractivity contribution is 9.09. The molecular weight excluding hydrogens is 231 g/mol. The van der Waals surface area contributed by atoms with Crippen LogP contribution in [0.5, 0.6) is 0 Å². The summed E-state index contributed by atoms with van der Waals surface area (Å²) in [6, 6.07) is 6.80. The van der Waals surface area contributed by atoms with Crippen molar-refractivity contribution in [1.29, 1.82) is 0 Å². The molecule has 0 aliphatic heterocycles. The topological polar surface area (TPSA) is 0 Å². The molecule has 0 saturated carbocycles. The Balaban J connectivity index is 2.74. The molecule has 0 aliphatic rings. The average Bonchev–Trinajstić information content (AvgIpc) is 2.03. The van der Waals surface area contributed by atoms with Gasteiger partial charge in [-0.25, -0.2) is 4.39 Å². The standard InChI is InChI=1S/C11H14BrF/c1-11(2,8-12)7-9-4-3-5-10(13)6-9/h3-6H,7-8H2,1-2H3. The molecule has 0 bridgehead atoms. The molecule has 0 saturated heterocycles. The highest BCUT2D eigenvalue weighted by Crippen LogP contribution is 2.24. The molecule has 0 unspecified atom stereocenters. The van der Waals surface area contributed by atoms with Gasteiger partial charge in [-0.05, 0) is 29.5 Å². The van der Waals surface area contributed by atoms with Gasteiger partial charge in [-0.1, -0.05) is 41.9 Å². The van der Waals surface area contributed by atoms with Crippen LogP contribution in [0.1, 0.15) is 19.4 Å². The molecule has 0 amide bonds. The molecule has 2 heteroatoms. The second-order valence-electron chi connectivity index (χ2n) is 4.10. The second kappa shape index (κ2) is 4.23. The SMILES string of the molecule is CC(C)(CBr)Cc1cccc(F)c1. The van der Waals surface area contributed by atoms with Crippen molar-refractivity contribution in [2.75, 3.05) is 5.33 Å². The first kappa shape index (κ1) is 10.7. The summed E-state index contributed by atoms with van der Waals surface area (Å²) in [5.41, 5.74) is 1.25. The molecule has 0 atom stereocenters. The number of halogens is 2. The normalized spacial score (nSPS) is 11.7. The Hall–Kier alpha value is -0.370. The van der Waals surface area contributed by atoms with Crippen LogP contribution >= 0.6 is 15.9 Å². The molecule has 1 rings (SSSR count). The van der Waals surface area contributed by atoms with Crippen LogP contribution in [0, 0.1) is 11.2 Å². The van der Waals surface area contributed by atoms with E-state index in [1.165, 1.54) is 6.07 Å². The minimum atomic E-state index is -0.150. The fraction of sp³-hybridized carbons (Fsp3) is 0.455. The average molecular weight is 245 g/mol. The number of benzene rings is 1. The number of hydrogen-bond donors (Lipinski definition) is 0. The van der Waals surface area contributed by atoms with Crippen molar-refractivity contribution in [3.8, 4) is 0 Å². The Morgan fingerprint density at radius 1 is 1.38 bits per heavy atom. The van der Waals surface area contributed by atoms with Gasteiger partial charge >= 0.3 is 0 Å². The predicted octanol–water partition coefficient (Wildman–Crippen LogP) is 3.79. The first-order chi connectivity index (χ1) is 6.03. The van der Waals surface area contributed by atoms with Crippen LogP contribution in [0.4, 0.5) is 4.39 Å². The molecule has 0 aliphatic carbocycles. The lowest BCUT2D eigenvalue weighted by atomic mass is 9.88. The zero-order chi connectivity index (χ0) is 9.90. The molecule has 0 N–H and O–H groups in total. The van der Waals surface area contributed by atoms with Gasteiger partial charge in [0.05, 0.1) is 0 Å². The molecule has 0 aromatic heterocycles. The maximum Gasteiger partial charge on any atom is 0.123 e. The molecule has 0 heterocycles. The maximum absolute atomic E-state index is 12.8. The molecule has 1 aromatic rings. The Bertz CT molecular complexity index is 281. The lowest BCUT2D eigenvalue weighted by Gasteiger charge is -2.21. The van der Waals surface area contributed by atoms with Crippen molar-refractivity contribution in [2.24, 2.45) is 5.41 Å². The van der Waals surface area contributed by atoms with E-state index in [2.05, 4.69) is 29.8 Å². The summed E-state index contributed by atoms with van der Waals surface area (Å²) in [5, 5.41) is 0.927. The second-order valence-corrected chi connectivity index (χ2v) is 4.67. The Morgan fingerprint density at radius 3 is 2.62 bits per heavy atom. The quantitative estimate of drug-likeness (QED) is 0.710. The summed E-state index contributed by atoms with van der Waals surface area (Å²) in [6.45, 7) is 4.32. The van der Waals surface area contributed by atoms with Crippen LogP contribution in [0.3, 0.4) is 0 Å². The summed E-state index contributed by atoms with van der Waals surface area (Å²) in [7, 11) is 0. The van der Waals surface area contributed by atoms with Crippen LogP contribution < -0.4 is 0 Å². The highest BCUT2D eigenvalue weighted by Gasteiger charge is 2.16. The van der Waals surface area contributed by atoms with Crippen molar-refractivity contribution in [1.82, 2.24) is 0 Å². The maximum atomic E-state index is 12.8. The highest BCUT2D eigenvalue weighted by atomic mass is 79.9. The van der Waals surface area contributed by atoms with Crippen molar-refractivity contribution < 1.29 is 4.39 Å². The van der Waals surface area contributed by atoms with Gasteiger partial charge in [0, 0.05) is 5.33 Å². The minimum absolute atomic E-state index is 0.150. The first-order valence-electron chi connectivity index (χ1n) is 4.34. The van der Waals surface area contributed by atoms with Crippen LogP contribution in [-0.4, -0.2) is 5.33 Å². The number of alkyl halides is 1. The summed E-state index contributed by atoms with van der Waals surface area (Å²) in [5.74, 6) is -0.150. The van der Waals surface area contributed by atoms with Crippen LogP contribution in [0.15, 0.2) is 24.3 Å². The third kappa shape index (κ3) is 3.47. The van der Waals surface area contributed by atoms with E-state index in [1.807, 2.05) is 6.07 Å². The largest absolute Gasteiger partial charge is 0.207 e. The lowest BCUT2D eigenvalue weighted by molar-refractivity contribution is 0.424. The lowest BCUT2D eigenvalue weighted by Crippen LogP contribution is -2.16. The third-order valence-electron chi connectivity index (χ3n) is 1.93. The van der Waals surface area contributed by atoms with Crippen LogP contribution in [0.2, 0.25) is 0 Å². The van der Waals surface area contributed by atoms with Gasteiger partial charge in [0.1, 0.15) is 5.82 Å². The summed E-state index contributed by atoms with van der Waals surface area (Å²) >= 11 is 3.45. The van der Waals surface area contributed by atoms with Crippen molar-refractivity contribution >= 4 is 15.9 Å². The molecule has 0 nitrogen and oxygen atoms in total. The predicted molar refractivity (Wildman–Crippen MR) is 57.7 cm³/mol. The third-order valence-corrected chi connectivity index (χ3v) is 3.45. The fourth-order valence-electron chi connectivity index (χ4n) is 1.25. The zero-order valence-corrected chi connectivity index (χ0v) is 9.57. The molecule has 0 fully saturated rings. The van der Waals surface area contributed by atoms with Gasteiger partial charge in [-0.15, -0.1) is 0 Å². The van der Waals surface area contributed by atoms with E-state index in [0.717, 1.165) is 17.3 Å². The van der Waals surface area contributed by atoms with E-state index in [4.69, 9.17) is 0 Å². The van der Waals surface area contributed by atoms with E-state index in [0.29, 0.717) is 0 Å². The van der Waals surface area contributed by atoms with E-state index >= 15 is 0 Å². The van der Waals surface area contributed by atoms with Gasteiger partial charge in [0.25, 0.3) is 0 Å². The molecule has 13 heavy (non-hydrogen) atoms. The Kier molecular flexibility index (Phi) is 3.48. The van der Waals surface area contributed by atoms with Crippen molar-refractivity contribution in [2.45, 2.75) is 20.3 Å². The molecule has 1 aromatic carbocycles. The fourth-order valence-corrected chi connectivity index (χ4v) is 1.45.